The third-order valence-electron chi connectivity index (χ3n) is 5.02. The highest BCUT2D eigenvalue weighted by Crippen LogP contribution is 2.25. The highest BCUT2D eigenvalue weighted by Gasteiger charge is 2.30. The first-order chi connectivity index (χ1) is 12.7. The molecule has 4 nitrogen and oxygen atoms in total. The molecule has 0 radical (unpaired) electrons. The molecule has 1 N–H and O–H groups in total. The molecule has 1 atom stereocenters. The minimum absolute atomic E-state index is 0.188. The van der Waals surface area contributed by atoms with Crippen LogP contribution in [0.1, 0.15) is 47.6 Å². The topological polar surface area (TPSA) is 55.4 Å². The summed E-state index contributed by atoms with van der Waals surface area (Å²) in [5.74, 6) is -0.608. The van der Waals surface area contributed by atoms with Crippen molar-refractivity contribution in [3.63, 3.8) is 0 Å². The Bertz CT molecular complexity index is 811. The van der Waals surface area contributed by atoms with Gasteiger partial charge in [-0.1, -0.05) is 48.5 Å². The van der Waals surface area contributed by atoms with Crippen molar-refractivity contribution in [2.45, 2.75) is 50.7 Å². The predicted octanol–water partition coefficient (Wildman–Crippen LogP) is 3.28. The van der Waals surface area contributed by atoms with Gasteiger partial charge in [-0.05, 0) is 48.8 Å². The molecule has 26 heavy (non-hydrogen) atoms. The molecule has 2 aromatic rings. The molecule has 0 unspecified atom stereocenters. The molecule has 2 aliphatic rings. The molecule has 0 aromatic heterocycles. The molecule has 0 spiro atoms. The van der Waals surface area contributed by atoms with Gasteiger partial charge in [0.2, 0.25) is 6.10 Å². The number of nitrogens with one attached hydrogen (secondary N) is 1. The molecule has 0 aliphatic heterocycles. The number of esters is 1. The molecule has 0 bridgehead atoms. The zero-order chi connectivity index (χ0) is 17.9. The fourth-order valence-electron chi connectivity index (χ4n) is 3.48. The Morgan fingerprint density at radius 1 is 1.04 bits per heavy atom. The summed E-state index contributed by atoms with van der Waals surface area (Å²) in [6, 6.07) is 15.6. The van der Waals surface area contributed by atoms with Gasteiger partial charge in [0.15, 0.2) is 0 Å². The van der Waals surface area contributed by atoms with E-state index in [1.165, 1.54) is 17.5 Å². The van der Waals surface area contributed by atoms with Crippen molar-refractivity contribution in [3.8, 4) is 0 Å². The maximum Gasteiger partial charge on any atom is 0.311 e. The summed E-state index contributed by atoms with van der Waals surface area (Å²) in [6.07, 6.45) is 4.67. The lowest BCUT2D eigenvalue weighted by Gasteiger charge is -2.18. The first-order valence-electron chi connectivity index (χ1n) is 9.34. The number of hydrogen-bond acceptors (Lipinski definition) is 3. The third-order valence-corrected chi connectivity index (χ3v) is 5.02. The minimum atomic E-state index is -0.890. The van der Waals surface area contributed by atoms with E-state index in [-0.39, 0.29) is 24.3 Å². The van der Waals surface area contributed by atoms with Gasteiger partial charge in [0, 0.05) is 11.6 Å². The molecule has 2 aliphatic carbocycles. The number of benzene rings is 2. The zero-order valence-electron chi connectivity index (χ0n) is 14.7. The van der Waals surface area contributed by atoms with Gasteiger partial charge in [0.05, 0.1) is 6.42 Å². The maximum atomic E-state index is 12.5. The molecule has 0 saturated heterocycles. The van der Waals surface area contributed by atoms with E-state index in [4.69, 9.17) is 4.74 Å². The SMILES string of the molecule is O=C(Cc1ccc2c(c1)CCC2)O[C@H](C(=O)NC1CC1)c1ccccc1. The predicted molar refractivity (Wildman–Crippen MR) is 98.6 cm³/mol. The molecule has 4 rings (SSSR count). The minimum Gasteiger partial charge on any atom is -0.447 e. The van der Waals surface area contributed by atoms with Crippen LogP contribution in [0, 0.1) is 0 Å². The van der Waals surface area contributed by atoms with Crippen LogP contribution < -0.4 is 5.32 Å². The third kappa shape index (κ3) is 3.96. The van der Waals surface area contributed by atoms with E-state index in [1.807, 2.05) is 36.4 Å². The average molecular weight is 349 g/mol. The number of hydrogen-bond donors (Lipinski definition) is 1. The van der Waals surface area contributed by atoms with Crippen molar-refractivity contribution < 1.29 is 14.3 Å². The summed E-state index contributed by atoms with van der Waals surface area (Å²) in [5.41, 5.74) is 4.37. The van der Waals surface area contributed by atoms with Crippen molar-refractivity contribution in [1.29, 1.82) is 0 Å². The van der Waals surface area contributed by atoms with E-state index in [1.54, 1.807) is 0 Å². The summed E-state index contributed by atoms with van der Waals surface area (Å²) < 4.78 is 5.60. The molecular weight excluding hydrogens is 326 g/mol. The van der Waals surface area contributed by atoms with Gasteiger partial charge < -0.3 is 10.1 Å². The van der Waals surface area contributed by atoms with Gasteiger partial charge in [-0.3, -0.25) is 9.59 Å². The van der Waals surface area contributed by atoms with Crippen molar-refractivity contribution >= 4 is 11.9 Å². The van der Waals surface area contributed by atoms with Crippen LogP contribution in [0.25, 0.3) is 0 Å². The molecule has 1 saturated carbocycles. The lowest BCUT2D eigenvalue weighted by atomic mass is 10.0. The van der Waals surface area contributed by atoms with Crippen LogP contribution >= 0.6 is 0 Å². The number of fused-ring (bicyclic) bond motifs is 1. The molecule has 1 fully saturated rings. The van der Waals surface area contributed by atoms with E-state index < -0.39 is 6.10 Å². The number of amides is 1. The van der Waals surface area contributed by atoms with Crippen molar-refractivity contribution in [2.24, 2.45) is 0 Å². The van der Waals surface area contributed by atoms with Gasteiger partial charge in [0.25, 0.3) is 5.91 Å². The van der Waals surface area contributed by atoms with Crippen LogP contribution in [0.4, 0.5) is 0 Å². The fraction of sp³-hybridized carbons (Fsp3) is 0.364. The van der Waals surface area contributed by atoms with Crippen LogP contribution in [0.3, 0.4) is 0 Å². The monoisotopic (exact) mass is 349 g/mol. The highest BCUT2D eigenvalue weighted by molar-refractivity contribution is 5.85. The second kappa shape index (κ2) is 7.32. The number of rotatable bonds is 6. The van der Waals surface area contributed by atoms with E-state index >= 15 is 0 Å². The Kier molecular flexibility index (Phi) is 4.74. The van der Waals surface area contributed by atoms with Crippen molar-refractivity contribution in [2.75, 3.05) is 0 Å². The van der Waals surface area contributed by atoms with Gasteiger partial charge in [-0.25, -0.2) is 0 Å². The number of ether oxygens (including phenoxy) is 1. The highest BCUT2D eigenvalue weighted by atomic mass is 16.5. The molecular formula is C22H23NO3. The summed E-state index contributed by atoms with van der Waals surface area (Å²) >= 11 is 0. The molecule has 134 valence electrons. The second-order valence-electron chi connectivity index (χ2n) is 7.20. The van der Waals surface area contributed by atoms with Crippen LogP contribution in [0.5, 0.6) is 0 Å². The number of carbonyl (C=O) groups is 2. The Morgan fingerprint density at radius 2 is 1.81 bits per heavy atom. The van der Waals surface area contributed by atoms with Crippen molar-refractivity contribution in [3.05, 3.63) is 70.8 Å². The smallest absolute Gasteiger partial charge is 0.311 e. The average Bonchev–Trinajstić information content (AvgIpc) is 3.34. The van der Waals surface area contributed by atoms with Crippen molar-refractivity contribution in [1.82, 2.24) is 5.32 Å². The van der Waals surface area contributed by atoms with Crippen LogP contribution in [-0.4, -0.2) is 17.9 Å². The van der Waals surface area contributed by atoms with E-state index in [0.29, 0.717) is 5.56 Å². The summed E-state index contributed by atoms with van der Waals surface area (Å²) in [4.78, 5) is 25.0. The Labute approximate surface area is 153 Å². The fourth-order valence-corrected chi connectivity index (χ4v) is 3.48. The van der Waals surface area contributed by atoms with Gasteiger partial charge in [-0.15, -0.1) is 0 Å². The number of carbonyl (C=O) groups excluding carboxylic acids is 2. The van der Waals surface area contributed by atoms with Gasteiger partial charge in [-0.2, -0.15) is 0 Å². The van der Waals surface area contributed by atoms with E-state index in [9.17, 15) is 9.59 Å². The molecule has 4 heteroatoms. The molecule has 2 aromatic carbocycles. The summed E-state index contributed by atoms with van der Waals surface area (Å²) in [7, 11) is 0. The lowest BCUT2D eigenvalue weighted by Crippen LogP contribution is -2.33. The zero-order valence-corrected chi connectivity index (χ0v) is 14.7. The van der Waals surface area contributed by atoms with E-state index in [0.717, 1.165) is 31.2 Å². The second-order valence-corrected chi connectivity index (χ2v) is 7.20. The van der Waals surface area contributed by atoms with Gasteiger partial charge >= 0.3 is 5.97 Å². The first-order valence-corrected chi connectivity index (χ1v) is 9.34. The quantitative estimate of drug-likeness (QED) is 0.814. The van der Waals surface area contributed by atoms with Crippen LogP contribution in [0.15, 0.2) is 48.5 Å². The van der Waals surface area contributed by atoms with Crippen LogP contribution in [-0.2, 0) is 33.6 Å². The molecule has 1 amide bonds. The standard InChI is InChI=1S/C22H23NO3/c24-20(14-15-9-10-16-7-4-8-18(16)13-15)26-21(17-5-2-1-3-6-17)22(25)23-19-11-12-19/h1-3,5-6,9-10,13,19,21H,4,7-8,11-12,14H2,(H,23,25)/t21-/m0/s1. The lowest BCUT2D eigenvalue weighted by molar-refractivity contribution is -0.156. The molecule has 0 heterocycles. The Balaban J connectivity index is 1.45. The van der Waals surface area contributed by atoms with Gasteiger partial charge in [0.1, 0.15) is 0 Å². The van der Waals surface area contributed by atoms with E-state index in [2.05, 4.69) is 17.4 Å². The summed E-state index contributed by atoms with van der Waals surface area (Å²) in [5, 5.41) is 2.94. The summed E-state index contributed by atoms with van der Waals surface area (Å²) in [6.45, 7) is 0. The van der Waals surface area contributed by atoms with Crippen LogP contribution in [0.2, 0.25) is 0 Å². The normalized spacial score (nSPS) is 16.6. The largest absolute Gasteiger partial charge is 0.447 e. The Hall–Kier alpha value is -2.62. The maximum absolute atomic E-state index is 12.5. The Morgan fingerprint density at radius 3 is 2.58 bits per heavy atom. The number of aryl methyl sites for hydroxylation is 2. The first kappa shape index (κ1) is 16.8.